The molecule has 9 nitrogen and oxygen atoms in total. The van der Waals surface area contributed by atoms with Crippen molar-refractivity contribution in [2.24, 2.45) is 0 Å². The molecular weight excluding hydrogens is 342 g/mol. The van der Waals surface area contributed by atoms with Gasteiger partial charge >= 0.3 is 6.55 Å². The lowest BCUT2D eigenvalue weighted by molar-refractivity contribution is -0.384. The Kier molecular flexibility index (Phi) is 5.72. The quantitative estimate of drug-likeness (QED) is 0.501. The van der Waals surface area contributed by atoms with Crippen LogP contribution in [-0.2, 0) is 0 Å². The number of amides is 1. The molecular formula is C14H14F2N4O5. The standard InChI is InChI=1S/C14H14F2N4O5/c15-14(16)19-6-5-10(18-19)13(23)17-11(7-21)12(22)8-1-3-9(4-2-8)20(24)25/h1-6,11-12,14,21-22H,7H2,(H,17,23). The van der Waals surface area contributed by atoms with Crippen LogP contribution in [0.3, 0.4) is 0 Å². The monoisotopic (exact) mass is 356 g/mol. The van der Waals surface area contributed by atoms with E-state index >= 15 is 0 Å². The summed E-state index contributed by atoms with van der Waals surface area (Å²) in [6.07, 6.45) is -0.452. The van der Waals surface area contributed by atoms with Gasteiger partial charge in [-0.3, -0.25) is 14.9 Å². The molecule has 1 aromatic carbocycles. The van der Waals surface area contributed by atoms with Crippen LogP contribution in [-0.4, -0.2) is 43.5 Å². The van der Waals surface area contributed by atoms with Gasteiger partial charge in [-0.05, 0) is 23.8 Å². The predicted molar refractivity (Wildman–Crippen MR) is 79.9 cm³/mol. The van der Waals surface area contributed by atoms with Crippen LogP contribution in [0.25, 0.3) is 0 Å². The molecule has 134 valence electrons. The number of carbonyl (C=O) groups excluding carboxylic acids is 1. The van der Waals surface area contributed by atoms with E-state index in [4.69, 9.17) is 0 Å². The summed E-state index contributed by atoms with van der Waals surface area (Å²) < 4.78 is 25.2. The van der Waals surface area contributed by atoms with Crippen LogP contribution in [0.2, 0.25) is 0 Å². The summed E-state index contributed by atoms with van der Waals surface area (Å²) in [5.41, 5.74) is -0.268. The third-order valence-electron chi connectivity index (χ3n) is 3.38. The first-order chi connectivity index (χ1) is 11.8. The number of halogens is 2. The number of carbonyl (C=O) groups is 1. The van der Waals surface area contributed by atoms with E-state index in [0.29, 0.717) is 0 Å². The van der Waals surface area contributed by atoms with Gasteiger partial charge in [-0.2, -0.15) is 13.9 Å². The predicted octanol–water partition coefficient (Wildman–Crippen LogP) is 1.01. The largest absolute Gasteiger partial charge is 0.394 e. The molecule has 0 radical (unpaired) electrons. The molecule has 11 heteroatoms. The van der Waals surface area contributed by atoms with Crippen molar-refractivity contribution in [1.29, 1.82) is 0 Å². The second kappa shape index (κ2) is 7.77. The number of nitro benzene ring substituents is 1. The number of aliphatic hydroxyl groups excluding tert-OH is 2. The number of benzene rings is 1. The van der Waals surface area contributed by atoms with Crippen molar-refractivity contribution in [3.63, 3.8) is 0 Å². The van der Waals surface area contributed by atoms with Gasteiger partial charge < -0.3 is 15.5 Å². The molecule has 0 aliphatic carbocycles. The van der Waals surface area contributed by atoms with E-state index in [1.165, 1.54) is 24.3 Å². The number of rotatable bonds is 7. The maximum atomic E-state index is 12.5. The molecule has 0 aliphatic rings. The molecule has 2 unspecified atom stereocenters. The molecule has 0 saturated carbocycles. The Bertz CT molecular complexity index is 750. The molecule has 1 heterocycles. The summed E-state index contributed by atoms with van der Waals surface area (Å²) in [6.45, 7) is -3.56. The molecule has 2 atom stereocenters. The third-order valence-corrected chi connectivity index (χ3v) is 3.38. The van der Waals surface area contributed by atoms with Crippen LogP contribution >= 0.6 is 0 Å². The number of nitrogens with zero attached hydrogens (tertiary/aromatic N) is 3. The van der Waals surface area contributed by atoms with Gasteiger partial charge in [0.05, 0.1) is 17.6 Å². The Labute approximate surface area is 139 Å². The number of aromatic nitrogens is 2. The molecule has 2 rings (SSSR count). The topological polar surface area (TPSA) is 131 Å². The van der Waals surface area contributed by atoms with Crippen LogP contribution in [0.15, 0.2) is 36.5 Å². The smallest absolute Gasteiger partial charge is 0.333 e. The van der Waals surface area contributed by atoms with Gasteiger partial charge in [-0.1, -0.05) is 0 Å². The average molecular weight is 356 g/mol. The Morgan fingerprint density at radius 1 is 1.32 bits per heavy atom. The SMILES string of the molecule is O=C(NC(CO)C(O)c1ccc([N+](=O)[O-])cc1)c1ccn(C(F)F)n1. The lowest BCUT2D eigenvalue weighted by Crippen LogP contribution is -2.42. The number of hydrogen-bond acceptors (Lipinski definition) is 6. The fourth-order valence-electron chi connectivity index (χ4n) is 2.06. The maximum Gasteiger partial charge on any atom is 0.333 e. The van der Waals surface area contributed by atoms with Crippen LogP contribution in [0, 0.1) is 10.1 Å². The lowest BCUT2D eigenvalue weighted by Gasteiger charge is -2.22. The zero-order chi connectivity index (χ0) is 18.6. The van der Waals surface area contributed by atoms with Gasteiger partial charge in [-0.25, -0.2) is 4.68 Å². The zero-order valence-corrected chi connectivity index (χ0v) is 12.6. The Hall–Kier alpha value is -2.92. The number of nitrogens with one attached hydrogen (secondary N) is 1. The summed E-state index contributed by atoms with van der Waals surface area (Å²) in [6, 6.07) is 4.80. The summed E-state index contributed by atoms with van der Waals surface area (Å²) in [5.74, 6) is -0.862. The molecule has 0 fully saturated rings. The minimum atomic E-state index is -2.90. The molecule has 0 aliphatic heterocycles. The van der Waals surface area contributed by atoms with E-state index in [9.17, 15) is 33.9 Å². The fourth-order valence-corrected chi connectivity index (χ4v) is 2.06. The molecule has 3 N–H and O–H groups in total. The van der Waals surface area contributed by atoms with Gasteiger partial charge in [0.25, 0.3) is 11.6 Å². The molecule has 1 aromatic heterocycles. The normalized spacial score (nSPS) is 13.5. The van der Waals surface area contributed by atoms with Crippen molar-refractivity contribution < 1.29 is 28.7 Å². The van der Waals surface area contributed by atoms with E-state index in [1.54, 1.807) is 0 Å². The molecule has 0 bridgehead atoms. The van der Waals surface area contributed by atoms with E-state index in [2.05, 4.69) is 10.4 Å². The highest BCUT2D eigenvalue weighted by molar-refractivity contribution is 5.92. The molecule has 25 heavy (non-hydrogen) atoms. The van der Waals surface area contributed by atoms with Crippen LogP contribution in [0.4, 0.5) is 14.5 Å². The van der Waals surface area contributed by atoms with Crippen molar-refractivity contribution in [3.8, 4) is 0 Å². The number of non-ortho nitro benzene ring substituents is 1. The molecule has 0 spiro atoms. The lowest BCUT2D eigenvalue weighted by atomic mass is 10.0. The van der Waals surface area contributed by atoms with Crippen LogP contribution < -0.4 is 5.32 Å². The van der Waals surface area contributed by atoms with Gasteiger partial charge in [0, 0.05) is 18.3 Å². The second-order valence-electron chi connectivity index (χ2n) is 5.01. The number of alkyl halides is 2. The van der Waals surface area contributed by atoms with Crippen molar-refractivity contribution in [2.45, 2.75) is 18.7 Å². The first-order valence-electron chi connectivity index (χ1n) is 7.01. The Morgan fingerprint density at radius 3 is 2.44 bits per heavy atom. The third kappa shape index (κ3) is 4.33. The minimum absolute atomic E-state index is 0.182. The number of aliphatic hydroxyl groups is 2. The van der Waals surface area contributed by atoms with Crippen molar-refractivity contribution >= 4 is 11.6 Å². The summed E-state index contributed by atoms with van der Waals surface area (Å²) in [5, 5.41) is 35.8. The highest BCUT2D eigenvalue weighted by Gasteiger charge is 2.24. The van der Waals surface area contributed by atoms with E-state index in [1.807, 2.05) is 0 Å². The van der Waals surface area contributed by atoms with Gasteiger partial charge in [-0.15, -0.1) is 0 Å². The van der Waals surface area contributed by atoms with E-state index in [0.717, 1.165) is 12.3 Å². The van der Waals surface area contributed by atoms with Gasteiger partial charge in [0.15, 0.2) is 0 Å². The van der Waals surface area contributed by atoms with Crippen molar-refractivity contribution in [2.75, 3.05) is 6.61 Å². The highest BCUT2D eigenvalue weighted by atomic mass is 19.3. The molecule has 2 aromatic rings. The van der Waals surface area contributed by atoms with Gasteiger partial charge in [0.1, 0.15) is 11.8 Å². The maximum absolute atomic E-state index is 12.5. The average Bonchev–Trinajstić information content (AvgIpc) is 3.09. The van der Waals surface area contributed by atoms with Crippen molar-refractivity contribution in [3.05, 3.63) is 57.9 Å². The first-order valence-corrected chi connectivity index (χ1v) is 7.01. The molecule has 0 saturated heterocycles. The summed E-state index contributed by atoms with van der Waals surface area (Å²) in [7, 11) is 0. The van der Waals surface area contributed by atoms with Crippen LogP contribution in [0.1, 0.15) is 28.7 Å². The Balaban J connectivity index is 2.09. The zero-order valence-electron chi connectivity index (χ0n) is 12.6. The van der Waals surface area contributed by atoms with Gasteiger partial charge in [0.2, 0.25) is 0 Å². The number of hydrogen-bond donors (Lipinski definition) is 3. The van der Waals surface area contributed by atoms with Crippen LogP contribution in [0.5, 0.6) is 0 Å². The molecule has 1 amide bonds. The van der Waals surface area contributed by atoms with E-state index < -0.39 is 36.1 Å². The highest BCUT2D eigenvalue weighted by Crippen LogP contribution is 2.20. The number of nitro groups is 1. The first kappa shape index (κ1) is 18.4. The Morgan fingerprint density at radius 2 is 1.96 bits per heavy atom. The minimum Gasteiger partial charge on any atom is -0.394 e. The van der Waals surface area contributed by atoms with E-state index in [-0.39, 0.29) is 21.6 Å². The summed E-state index contributed by atoms with van der Waals surface area (Å²) in [4.78, 5) is 22.0. The van der Waals surface area contributed by atoms with Crippen molar-refractivity contribution in [1.82, 2.24) is 15.1 Å². The second-order valence-corrected chi connectivity index (χ2v) is 5.01. The fraction of sp³-hybridized carbons (Fsp3) is 0.286. The summed E-state index contributed by atoms with van der Waals surface area (Å²) >= 11 is 0.